The van der Waals surface area contributed by atoms with Crippen molar-refractivity contribution < 1.29 is 23.8 Å². The SMILES string of the molecule is COc1cc(C(=O)N2CCC(O)CC2)cc2c1OC(C)(Cc1ccc(Cl)c(F)c1)C2. The molecular formula is C23H25ClFNO4. The van der Waals surface area contributed by atoms with Crippen molar-refractivity contribution in [1.29, 1.82) is 0 Å². The maximum absolute atomic E-state index is 13.9. The molecule has 1 amide bonds. The van der Waals surface area contributed by atoms with E-state index in [1.807, 2.05) is 13.0 Å². The second kappa shape index (κ2) is 8.08. The van der Waals surface area contributed by atoms with Gasteiger partial charge in [-0.25, -0.2) is 4.39 Å². The molecule has 160 valence electrons. The molecule has 2 heterocycles. The summed E-state index contributed by atoms with van der Waals surface area (Å²) in [6, 6.07) is 8.33. The molecule has 30 heavy (non-hydrogen) atoms. The van der Waals surface area contributed by atoms with Gasteiger partial charge in [-0.15, -0.1) is 0 Å². The second-order valence-electron chi connectivity index (χ2n) is 8.34. The number of methoxy groups -OCH3 is 1. The fourth-order valence-corrected chi connectivity index (χ4v) is 4.42. The number of benzene rings is 2. The molecule has 1 N–H and O–H groups in total. The van der Waals surface area contributed by atoms with Crippen LogP contribution in [-0.2, 0) is 12.8 Å². The Morgan fingerprint density at radius 2 is 2.07 bits per heavy atom. The van der Waals surface area contributed by atoms with E-state index in [0.717, 1.165) is 11.1 Å². The lowest BCUT2D eigenvalue weighted by atomic mass is 9.91. The van der Waals surface area contributed by atoms with Crippen molar-refractivity contribution in [2.75, 3.05) is 20.2 Å². The van der Waals surface area contributed by atoms with Crippen LogP contribution in [0.15, 0.2) is 30.3 Å². The van der Waals surface area contributed by atoms with Gasteiger partial charge in [0.1, 0.15) is 11.4 Å². The molecule has 0 aromatic heterocycles. The fourth-order valence-electron chi connectivity index (χ4n) is 4.30. The smallest absolute Gasteiger partial charge is 0.254 e. The summed E-state index contributed by atoms with van der Waals surface area (Å²) in [5.74, 6) is 0.612. The zero-order valence-corrected chi connectivity index (χ0v) is 17.8. The molecular weight excluding hydrogens is 409 g/mol. The number of halogens is 2. The van der Waals surface area contributed by atoms with Crippen molar-refractivity contribution >= 4 is 17.5 Å². The third kappa shape index (κ3) is 4.12. The van der Waals surface area contributed by atoms with Crippen molar-refractivity contribution in [3.05, 3.63) is 57.9 Å². The van der Waals surface area contributed by atoms with Gasteiger partial charge < -0.3 is 19.5 Å². The van der Waals surface area contributed by atoms with Crippen molar-refractivity contribution in [3.63, 3.8) is 0 Å². The number of aliphatic hydroxyl groups excluding tert-OH is 1. The van der Waals surface area contributed by atoms with Gasteiger partial charge in [0, 0.05) is 37.1 Å². The topological polar surface area (TPSA) is 59.0 Å². The van der Waals surface area contributed by atoms with Crippen LogP contribution in [-0.4, -0.2) is 47.8 Å². The summed E-state index contributed by atoms with van der Waals surface area (Å²) < 4.78 is 25.6. The average molecular weight is 434 g/mol. The van der Waals surface area contributed by atoms with E-state index in [-0.39, 0.29) is 17.0 Å². The molecule has 2 aliphatic heterocycles. The standard InChI is InChI=1S/C23H25ClFNO4/c1-23(12-14-3-4-18(24)19(25)9-14)13-16-10-15(11-20(29-2)21(16)30-23)22(28)26-7-5-17(27)6-8-26/h3-4,9-11,17,27H,5-8,12-13H2,1-2H3. The lowest BCUT2D eigenvalue weighted by Gasteiger charge is -2.29. The number of hydrogen-bond donors (Lipinski definition) is 1. The Bertz CT molecular complexity index is 974. The van der Waals surface area contributed by atoms with E-state index in [1.54, 1.807) is 30.2 Å². The summed E-state index contributed by atoms with van der Waals surface area (Å²) in [7, 11) is 1.55. The first-order valence-corrected chi connectivity index (χ1v) is 10.5. The number of rotatable bonds is 4. The summed E-state index contributed by atoms with van der Waals surface area (Å²) in [5, 5.41) is 9.79. The van der Waals surface area contributed by atoms with Gasteiger partial charge in [-0.1, -0.05) is 17.7 Å². The Kier molecular flexibility index (Phi) is 5.64. The maximum atomic E-state index is 13.9. The van der Waals surface area contributed by atoms with Gasteiger partial charge in [-0.3, -0.25) is 4.79 Å². The molecule has 2 aliphatic rings. The van der Waals surface area contributed by atoms with Crippen LogP contribution in [0.5, 0.6) is 11.5 Å². The molecule has 1 atom stereocenters. The molecule has 1 saturated heterocycles. The van der Waals surface area contributed by atoms with Crippen LogP contribution in [0.3, 0.4) is 0 Å². The number of carbonyl (C=O) groups is 1. The van der Waals surface area contributed by atoms with Gasteiger partial charge in [0.05, 0.1) is 18.2 Å². The number of aliphatic hydroxyl groups is 1. The summed E-state index contributed by atoms with van der Waals surface area (Å²) in [4.78, 5) is 14.8. The first kappa shape index (κ1) is 20.9. The van der Waals surface area contributed by atoms with Gasteiger partial charge in [-0.2, -0.15) is 0 Å². The van der Waals surface area contributed by atoms with Crippen molar-refractivity contribution in [2.45, 2.75) is 44.3 Å². The summed E-state index contributed by atoms with van der Waals surface area (Å²) in [6.45, 7) is 3.04. The number of ether oxygens (including phenoxy) is 2. The first-order valence-electron chi connectivity index (χ1n) is 10.1. The minimum atomic E-state index is -0.590. The van der Waals surface area contributed by atoms with E-state index in [4.69, 9.17) is 21.1 Å². The molecule has 0 bridgehead atoms. The Morgan fingerprint density at radius 1 is 1.33 bits per heavy atom. The van der Waals surface area contributed by atoms with Gasteiger partial charge in [0.15, 0.2) is 11.5 Å². The summed E-state index contributed by atoms with van der Waals surface area (Å²) in [5.41, 5.74) is 1.64. The van der Waals surface area contributed by atoms with Crippen LogP contribution in [0, 0.1) is 5.82 Å². The Hall–Kier alpha value is -2.31. The van der Waals surface area contributed by atoms with Crippen LogP contribution in [0.4, 0.5) is 4.39 Å². The van der Waals surface area contributed by atoms with Crippen LogP contribution in [0.2, 0.25) is 5.02 Å². The fraction of sp³-hybridized carbons (Fsp3) is 0.435. The molecule has 0 spiro atoms. The highest BCUT2D eigenvalue weighted by Gasteiger charge is 2.38. The number of carbonyl (C=O) groups excluding carboxylic acids is 1. The van der Waals surface area contributed by atoms with E-state index >= 15 is 0 Å². The third-order valence-corrected chi connectivity index (χ3v) is 6.13. The molecule has 0 aliphatic carbocycles. The van der Waals surface area contributed by atoms with Gasteiger partial charge in [0.25, 0.3) is 5.91 Å². The van der Waals surface area contributed by atoms with E-state index in [2.05, 4.69) is 0 Å². The molecule has 2 aromatic carbocycles. The lowest BCUT2D eigenvalue weighted by molar-refractivity contribution is 0.0546. The highest BCUT2D eigenvalue weighted by atomic mass is 35.5. The first-order chi connectivity index (χ1) is 14.3. The van der Waals surface area contributed by atoms with E-state index in [0.29, 0.717) is 55.8 Å². The molecule has 0 radical (unpaired) electrons. The van der Waals surface area contributed by atoms with Crippen molar-refractivity contribution in [2.24, 2.45) is 0 Å². The number of piperidine rings is 1. The summed E-state index contributed by atoms with van der Waals surface area (Å²) >= 11 is 5.79. The van der Waals surface area contributed by atoms with E-state index in [9.17, 15) is 14.3 Å². The largest absolute Gasteiger partial charge is 0.493 e. The van der Waals surface area contributed by atoms with Gasteiger partial charge in [0.2, 0.25) is 0 Å². The minimum absolute atomic E-state index is 0.0728. The van der Waals surface area contributed by atoms with Crippen LogP contribution in [0.25, 0.3) is 0 Å². The van der Waals surface area contributed by atoms with Crippen LogP contribution in [0.1, 0.15) is 41.3 Å². The van der Waals surface area contributed by atoms with Gasteiger partial charge >= 0.3 is 0 Å². The van der Waals surface area contributed by atoms with E-state index in [1.165, 1.54) is 6.07 Å². The van der Waals surface area contributed by atoms with Gasteiger partial charge in [-0.05, 0) is 49.6 Å². The molecule has 5 nitrogen and oxygen atoms in total. The summed E-state index contributed by atoms with van der Waals surface area (Å²) in [6.07, 6.45) is 1.91. The molecule has 1 fully saturated rings. The zero-order chi connectivity index (χ0) is 21.5. The number of likely N-dealkylation sites (tertiary alicyclic amines) is 1. The number of hydrogen-bond acceptors (Lipinski definition) is 4. The lowest BCUT2D eigenvalue weighted by Crippen LogP contribution is -2.40. The Labute approximate surface area is 180 Å². The number of nitrogens with zero attached hydrogens (tertiary/aromatic N) is 1. The average Bonchev–Trinajstić information content (AvgIpc) is 3.05. The molecule has 2 aromatic rings. The van der Waals surface area contributed by atoms with E-state index < -0.39 is 11.4 Å². The molecule has 4 rings (SSSR count). The highest BCUT2D eigenvalue weighted by Crippen LogP contribution is 2.44. The Morgan fingerprint density at radius 3 is 2.73 bits per heavy atom. The Balaban J connectivity index is 1.57. The molecule has 0 saturated carbocycles. The molecule has 1 unspecified atom stereocenters. The maximum Gasteiger partial charge on any atom is 0.254 e. The zero-order valence-electron chi connectivity index (χ0n) is 17.1. The molecule has 7 heteroatoms. The minimum Gasteiger partial charge on any atom is -0.493 e. The predicted molar refractivity (Wildman–Crippen MR) is 112 cm³/mol. The van der Waals surface area contributed by atoms with Crippen LogP contribution < -0.4 is 9.47 Å². The normalized spacial score (nSPS) is 21.3. The van der Waals surface area contributed by atoms with Crippen molar-refractivity contribution in [3.8, 4) is 11.5 Å². The second-order valence-corrected chi connectivity index (χ2v) is 8.75. The number of fused-ring (bicyclic) bond motifs is 1. The number of amides is 1. The quantitative estimate of drug-likeness (QED) is 0.791. The predicted octanol–water partition coefficient (Wildman–Crippen LogP) is 4.02. The monoisotopic (exact) mass is 433 g/mol. The third-order valence-electron chi connectivity index (χ3n) is 5.83. The van der Waals surface area contributed by atoms with Crippen molar-refractivity contribution in [1.82, 2.24) is 4.90 Å². The van der Waals surface area contributed by atoms with Crippen LogP contribution >= 0.6 is 11.6 Å². The highest BCUT2D eigenvalue weighted by molar-refractivity contribution is 6.30.